The highest BCUT2D eigenvalue weighted by atomic mass is 15.3. The Morgan fingerprint density at radius 3 is 2.69 bits per heavy atom. The van der Waals surface area contributed by atoms with Crippen LogP contribution < -0.4 is 4.90 Å². The van der Waals surface area contributed by atoms with Gasteiger partial charge in [0.05, 0.1) is 0 Å². The van der Waals surface area contributed by atoms with Crippen LogP contribution in [-0.4, -0.2) is 47.6 Å². The van der Waals surface area contributed by atoms with Crippen molar-refractivity contribution >= 4 is 5.95 Å². The zero-order valence-electron chi connectivity index (χ0n) is 9.68. The maximum Gasteiger partial charge on any atom is 0.225 e. The zero-order chi connectivity index (χ0) is 11.2. The fraction of sp³-hybridized carbons (Fsp3) is 0.583. The Labute approximate surface area is 97.3 Å². The van der Waals surface area contributed by atoms with E-state index in [0.29, 0.717) is 0 Å². The average Bonchev–Trinajstić information content (AvgIpc) is 2.57. The molecule has 0 spiro atoms. The van der Waals surface area contributed by atoms with E-state index in [4.69, 9.17) is 0 Å². The Morgan fingerprint density at radius 2 is 1.94 bits per heavy atom. The molecule has 2 rings (SSSR count). The van der Waals surface area contributed by atoms with Crippen molar-refractivity contribution < 1.29 is 0 Å². The first kappa shape index (κ1) is 11.3. The molecule has 87 valence electrons. The van der Waals surface area contributed by atoms with E-state index in [1.807, 2.05) is 6.07 Å². The topological polar surface area (TPSA) is 32.3 Å². The van der Waals surface area contributed by atoms with Gasteiger partial charge in [0.2, 0.25) is 5.95 Å². The van der Waals surface area contributed by atoms with E-state index in [9.17, 15) is 0 Å². The summed E-state index contributed by atoms with van der Waals surface area (Å²) in [6.45, 7) is 9.34. The molecule has 0 N–H and O–H groups in total. The lowest BCUT2D eigenvalue weighted by Gasteiger charge is -2.21. The van der Waals surface area contributed by atoms with Crippen LogP contribution in [0.25, 0.3) is 0 Å². The molecule has 4 nitrogen and oxygen atoms in total. The highest BCUT2D eigenvalue weighted by Crippen LogP contribution is 2.10. The molecule has 0 atom stereocenters. The third kappa shape index (κ3) is 2.92. The Bertz CT molecular complexity index is 301. The van der Waals surface area contributed by atoms with Gasteiger partial charge in [0.25, 0.3) is 0 Å². The van der Waals surface area contributed by atoms with E-state index in [1.165, 1.54) is 13.0 Å². The predicted molar refractivity (Wildman–Crippen MR) is 65.3 cm³/mol. The van der Waals surface area contributed by atoms with Crippen molar-refractivity contribution in [3.05, 3.63) is 25.4 Å². The number of hydrogen-bond donors (Lipinski definition) is 0. The quantitative estimate of drug-likeness (QED) is 0.765. The number of anilines is 1. The highest BCUT2D eigenvalue weighted by Gasteiger charge is 2.15. The Balaban J connectivity index is 1.94. The zero-order valence-corrected chi connectivity index (χ0v) is 9.68. The monoisotopic (exact) mass is 219 g/mol. The summed E-state index contributed by atoms with van der Waals surface area (Å²) in [6, 6.07) is 1.86. The van der Waals surface area contributed by atoms with Gasteiger partial charge in [0, 0.05) is 32.0 Å². The maximum absolute atomic E-state index is 4.30. The summed E-state index contributed by atoms with van der Waals surface area (Å²) in [6.07, 6.45) is 5.78. The third-order valence-electron chi connectivity index (χ3n) is 2.90. The normalized spacial score (nSPS) is 18.4. The fourth-order valence-electron chi connectivity index (χ4n) is 2.07. The lowest BCUT2D eigenvalue weighted by molar-refractivity contribution is 0.299. The smallest absolute Gasteiger partial charge is 0.225 e. The van der Waals surface area contributed by atoms with Crippen LogP contribution in [0.1, 0.15) is 12.8 Å². The molecule has 16 heavy (non-hydrogen) atoms. The summed E-state index contributed by atoms with van der Waals surface area (Å²) < 4.78 is 0. The molecule has 1 saturated heterocycles. The minimum Gasteiger partial charge on any atom is -0.339 e. The van der Waals surface area contributed by atoms with Crippen molar-refractivity contribution in [3.8, 4) is 0 Å². The summed E-state index contributed by atoms with van der Waals surface area (Å²) >= 11 is 0. The summed E-state index contributed by atoms with van der Waals surface area (Å²) in [7, 11) is 0. The SMILES string of the molecule is [CH2]CCN1CCCN(c2ncccn2)CC1. The molecule has 1 aliphatic rings. The second kappa shape index (κ2) is 5.80. The standard InChI is InChI=1S/C12H19N4/c1-2-7-15-8-4-9-16(11-10-15)12-13-5-3-6-14-12/h3,5-6H,1-2,4,7-11H2. The number of rotatable bonds is 3. The van der Waals surface area contributed by atoms with E-state index in [1.54, 1.807) is 12.4 Å². The Kier molecular flexibility index (Phi) is 4.10. The second-order valence-corrected chi connectivity index (χ2v) is 4.08. The van der Waals surface area contributed by atoms with Gasteiger partial charge in [-0.2, -0.15) is 0 Å². The van der Waals surface area contributed by atoms with Gasteiger partial charge in [-0.25, -0.2) is 9.97 Å². The van der Waals surface area contributed by atoms with E-state index >= 15 is 0 Å². The van der Waals surface area contributed by atoms with Crippen LogP contribution >= 0.6 is 0 Å². The minimum absolute atomic E-state index is 0.860. The molecule has 0 unspecified atom stereocenters. The Hall–Kier alpha value is -1.16. The molecule has 2 heterocycles. The van der Waals surface area contributed by atoms with Crippen LogP contribution in [0.4, 0.5) is 5.95 Å². The van der Waals surface area contributed by atoms with Gasteiger partial charge in [-0.15, -0.1) is 0 Å². The van der Waals surface area contributed by atoms with Gasteiger partial charge in [0.15, 0.2) is 0 Å². The molecular weight excluding hydrogens is 200 g/mol. The van der Waals surface area contributed by atoms with Gasteiger partial charge in [-0.1, -0.05) is 6.92 Å². The van der Waals surface area contributed by atoms with E-state index in [2.05, 4.69) is 26.7 Å². The minimum atomic E-state index is 0.860. The van der Waals surface area contributed by atoms with Crippen LogP contribution in [-0.2, 0) is 0 Å². The number of nitrogens with zero attached hydrogens (tertiary/aromatic N) is 4. The van der Waals surface area contributed by atoms with Gasteiger partial charge >= 0.3 is 0 Å². The Morgan fingerprint density at radius 1 is 1.12 bits per heavy atom. The molecule has 4 heteroatoms. The van der Waals surface area contributed by atoms with Crippen LogP contribution in [0.2, 0.25) is 0 Å². The average molecular weight is 219 g/mol. The van der Waals surface area contributed by atoms with Gasteiger partial charge < -0.3 is 9.80 Å². The molecule has 0 amide bonds. The van der Waals surface area contributed by atoms with Crippen molar-refractivity contribution in [2.45, 2.75) is 12.8 Å². The maximum atomic E-state index is 4.30. The van der Waals surface area contributed by atoms with Gasteiger partial charge in [-0.05, 0) is 32.0 Å². The summed E-state index contributed by atoms with van der Waals surface area (Å²) in [4.78, 5) is 13.3. The summed E-state index contributed by atoms with van der Waals surface area (Å²) in [5.41, 5.74) is 0. The number of hydrogen-bond acceptors (Lipinski definition) is 4. The van der Waals surface area contributed by atoms with Gasteiger partial charge in [-0.3, -0.25) is 0 Å². The molecule has 1 aliphatic heterocycles. The molecule has 1 aromatic heterocycles. The van der Waals surface area contributed by atoms with E-state index in [-0.39, 0.29) is 0 Å². The third-order valence-corrected chi connectivity index (χ3v) is 2.90. The van der Waals surface area contributed by atoms with Crippen LogP contribution in [0.5, 0.6) is 0 Å². The van der Waals surface area contributed by atoms with Gasteiger partial charge in [0.1, 0.15) is 0 Å². The largest absolute Gasteiger partial charge is 0.339 e. The molecule has 0 aliphatic carbocycles. The van der Waals surface area contributed by atoms with E-state index in [0.717, 1.165) is 38.5 Å². The molecule has 0 saturated carbocycles. The predicted octanol–water partition coefficient (Wildman–Crippen LogP) is 1.21. The van der Waals surface area contributed by atoms with Crippen molar-refractivity contribution in [2.75, 3.05) is 37.6 Å². The van der Waals surface area contributed by atoms with Crippen LogP contribution in [0, 0.1) is 6.92 Å². The molecule has 1 aromatic rings. The van der Waals surface area contributed by atoms with Crippen molar-refractivity contribution in [1.82, 2.24) is 14.9 Å². The molecule has 0 bridgehead atoms. The lowest BCUT2D eigenvalue weighted by Crippen LogP contribution is -2.32. The summed E-state index contributed by atoms with van der Waals surface area (Å²) in [5, 5.41) is 0. The number of aromatic nitrogens is 2. The lowest BCUT2D eigenvalue weighted by atomic mass is 10.3. The van der Waals surface area contributed by atoms with Crippen LogP contribution in [0.15, 0.2) is 18.5 Å². The van der Waals surface area contributed by atoms with Crippen molar-refractivity contribution in [3.63, 3.8) is 0 Å². The molecule has 1 radical (unpaired) electrons. The first-order valence-electron chi connectivity index (χ1n) is 5.94. The highest BCUT2D eigenvalue weighted by molar-refractivity contribution is 5.28. The van der Waals surface area contributed by atoms with E-state index < -0.39 is 0 Å². The molecule has 1 fully saturated rings. The fourth-order valence-corrected chi connectivity index (χ4v) is 2.07. The second-order valence-electron chi connectivity index (χ2n) is 4.08. The molecule has 0 aromatic carbocycles. The first-order valence-corrected chi connectivity index (χ1v) is 5.94. The first-order chi connectivity index (χ1) is 7.90. The van der Waals surface area contributed by atoms with Crippen LogP contribution in [0.3, 0.4) is 0 Å². The molecular formula is C12H19N4. The van der Waals surface area contributed by atoms with Crippen molar-refractivity contribution in [1.29, 1.82) is 0 Å². The van der Waals surface area contributed by atoms with Crippen molar-refractivity contribution in [2.24, 2.45) is 0 Å². The summed E-state index contributed by atoms with van der Waals surface area (Å²) in [5.74, 6) is 0.860.